The first-order valence-corrected chi connectivity index (χ1v) is 10.4. The Morgan fingerprint density at radius 2 is 2.03 bits per heavy atom. The molecule has 8 nitrogen and oxygen atoms in total. The zero-order valence-corrected chi connectivity index (χ0v) is 17.2. The van der Waals surface area contributed by atoms with Crippen molar-refractivity contribution in [2.75, 3.05) is 5.32 Å². The summed E-state index contributed by atoms with van der Waals surface area (Å²) in [7, 11) is 0. The summed E-state index contributed by atoms with van der Waals surface area (Å²) in [6.45, 7) is 2.59. The number of H-pyrrole nitrogens is 1. The number of carbonyl (C=O) groups is 1. The van der Waals surface area contributed by atoms with Crippen LogP contribution in [0.2, 0.25) is 0 Å². The van der Waals surface area contributed by atoms with Crippen molar-refractivity contribution in [2.45, 2.75) is 25.9 Å². The summed E-state index contributed by atoms with van der Waals surface area (Å²) in [5.41, 5.74) is 3.43. The monoisotopic (exact) mass is 419 g/mol. The second kappa shape index (κ2) is 9.27. The fourth-order valence-electron chi connectivity index (χ4n) is 3.06. The molecule has 1 atom stereocenters. The molecule has 4 aromatic rings. The van der Waals surface area contributed by atoms with E-state index in [1.54, 1.807) is 17.4 Å². The van der Waals surface area contributed by atoms with Crippen molar-refractivity contribution >= 4 is 22.9 Å². The molecule has 152 valence electrons. The number of anilines is 1. The molecule has 0 bridgehead atoms. The van der Waals surface area contributed by atoms with Gasteiger partial charge < -0.3 is 10.6 Å². The lowest BCUT2D eigenvalue weighted by Gasteiger charge is -2.18. The highest BCUT2D eigenvalue weighted by molar-refractivity contribution is 7.09. The van der Waals surface area contributed by atoms with Crippen LogP contribution in [0.5, 0.6) is 0 Å². The van der Waals surface area contributed by atoms with E-state index in [9.17, 15) is 4.79 Å². The fourth-order valence-corrected chi connectivity index (χ4v) is 3.77. The molecule has 0 saturated heterocycles. The fraction of sp³-hybridized carbons (Fsp3) is 0.190. The molecule has 9 heteroatoms. The standard InChI is InChI=1S/C21H21N7OS/c1-14-13-30-20(23-14)12-22-17-9-5-8-16(10-17)21(29)24-18(11-19-25-27-28-26-19)15-6-3-2-4-7-15/h2-10,13,18,22H,11-12H2,1H3,(H,24,29)(H,25,26,27,28). The minimum absolute atomic E-state index is 0.166. The molecule has 0 fully saturated rings. The Bertz CT molecular complexity index is 1100. The first kappa shape index (κ1) is 19.7. The summed E-state index contributed by atoms with van der Waals surface area (Å²) in [5.74, 6) is 0.374. The lowest BCUT2D eigenvalue weighted by molar-refractivity contribution is 0.0936. The van der Waals surface area contributed by atoms with Gasteiger partial charge in [-0.3, -0.25) is 4.79 Å². The van der Waals surface area contributed by atoms with Gasteiger partial charge in [-0.2, -0.15) is 5.21 Å². The van der Waals surface area contributed by atoms with Gasteiger partial charge in [0.05, 0.1) is 12.6 Å². The van der Waals surface area contributed by atoms with Crippen LogP contribution in [0.15, 0.2) is 60.0 Å². The predicted octanol–water partition coefficient (Wildman–Crippen LogP) is 3.29. The molecule has 2 heterocycles. The average Bonchev–Trinajstić information content (AvgIpc) is 3.44. The summed E-state index contributed by atoms with van der Waals surface area (Å²) in [6.07, 6.45) is 0.438. The Morgan fingerprint density at radius 1 is 1.17 bits per heavy atom. The summed E-state index contributed by atoms with van der Waals surface area (Å²) in [5, 5.41) is 23.5. The molecule has 2 aromatic carbocycles. The molecule has 0 spiro atoms. The van der Waals surface area contributed by atoms with E-state index in [0.29, 0.717) is 24.4 Å². The number of tetrazole rings is 1. The molecule has 0 aliphatic rings. The van der Waals surface area contributed by atoms with Crippen molar-refractivity contribution in [2.24, 2.45) is 0 Å². The van der Waals surface area contributed by atoms with Crippen molar-refractivity contribution < 1.29 is 4.79 Å². The van der Waals surface area contributed by atoms with Crippen LogP contribution in [0.25, 0.3) is 0 Å². The molecule has 1 unspecified atom stereocenters. The van der Waals surface area contributed by atoms with E-state index in [0.717, 1.165) is 22.0 Å². The molecule has 30 heavy (non-hydrogen) atoms. The van der Waals surface area contributed by atoms with Gasteiger partial charge in [-0.25, -0.2) is 4.98 Å². The number of hydrogen-bond acceptors (Lipinski definition) is 7. The summed E-state index contributed by atoms with van der Waals surface area (Å²) < 4.78 is 0. The number of nitrogens with one attached hydrogen (secondary N) is 3. The number of aromatic amines is 1. The van der Waals surface area contributed by atoms with Gasteiger partial charge >= 0.3 is 0 Å². The van der Waals surface area contributed by atoms with Gasteiger partial charge in [-0.05, 0) is 30.7 Å². The SMILES string of the molecule is Cc1csc(CNc2cccc(C(=O)NC(Cc3nn[nH]n3)c3ccccc3)c2)n1. The molecular formula is C21H21N7OS. The zero-order chi connectivity index (χ0) is 20.8. The van der Waals surface area contributed by atoms with Crippen LogP contribution >= 0.6 is 11.3 Å². The van der Waals surface area contributed by atoms with E-state index in [4.69, 9.17) is 0 Å². The third kappa shape index (κ3) is 5.06. The third-order valence-electron chi connectivity index (χ3n) is 4.52. The van der Waals surface area contributed by atoms with Gasteiger partial charge in [0.25, 0.3) is 5.91 Å². The van der Waals surface area contributed by atoms with Crippen molar-refractivity contribution in [3.05, 3.63) is 87.6 Å². The van der Waals surface area contributed by atoms with E-state index in [2.05, 4.69) is 36.2 Å². The van der Waals surface area contributed by atoms with E-state index in [1.807, 2.05) is 60.8 Å². The second-order valence-corrected chi connectivity index (χ2v) is 7.73. The topological polar surface area (TPSA) is 108 Å². The quantitative estimate of drug-likeness (QED) is 0.404. The minimum atomic E-state index is -0.272. The second-order valence-electron chi connectivity index (χ2n) is 6.79. The van der Waals surface area contributed by atoms with E-state index < -0.39 is 0 Å². The van der Waals surface area contributed by atoms with Crippen LogP contribution < -0.4 is 10.6 Å². The van der Waals surface area contributed by atoms with Gasteiger partial charge in [0.15, 0.2) is 5.82 Å². The van der Waals surface area contributed by atoms with Crippen molar-refractivity contribution in [1.29, 1.82) is 0 Å². The smallest absolute Gasteiger partial charge is 0.251 e. The van der Waals surface area contributed by atoms with Crippen molar-refractivity contribution in [3.8, 4) is 0 Å². The number of benzene rings is 2. The number of amides is 1. The normalized spacial score (nSPS) is 11.8. The molecule has 0 saturated carbocycles. The highest BCUT2D eigenvalue weighted by atomic mass is 32.1. The summed E-state index contributed by atoms with van der Waals surface area (Å²) in [4.78, 5) is 17.4. The molecule has 3 N–H and O–H groups in total. The zero-order valence-electron chi connectivity index (χ0n) is 16.4. The van der Waals surface area contributed by atoms with Gasteiger partial charge in [0.2, 0.25) is 0 Å². The van der Waals surface area contributed by atoms with Crippen molar-refractivity contribution in [1.82, 2.24) is 30.9 Å². The minimum Gasteiger partial charge on any atom is -0.379 e. The Hall–Kier alpha value is -3.59. The van der Waals surface area contributed by atoms with Gasteiger partial charge in [-0.1, -0.05) is 41.6 Å². The molecular weight excluding hydrogens is 398 g/mol. The number of thiazole rings is 1. The van der Waals surface area contributed by atoms with Gasteiger partial charge in [-0.15, -0.1) is 21.5 Å². The first-order valence-electron chi connectivity index (χ1n) is 9.50. The van der Waals surface area contributed by atoms with Crippen LogP contribution in [0, 0.1) is 6.92 Å². The largest absolute Gasteiger partial charge is 0.379 e. The number of rotatable bonds is 8. The van der Waals surface area contributed by atoms with Crippen LogP contribution in [0.4, 0.5) is 5.69 Å². The Kier molecular flexibility index (Phi) is 6.09. The molecule has 0 aliphatic heterocycles. The van der Waals surface area contributed by atoms with Crippen LogP contribution in [-0.4, -0.2) is 31.5 Å². The van der Waals surface area contributed by atoms with Crippen LogP contribution in [0.3, 0.4) is 0 Å². The lowest BCUT2D eigenvalue weighted by Crippen LogP contribution is -2.30. The Balaban J connectivity index is 1.46. The Morgan fingerprint density at radius 3 is 2.77 bits per heavy atom. The third-order valence-corrected chi connectivity index (χ3v) is 5.48. The number of carbonyl (C=O) groups excluding carboxylic acids is 1. The number of nitrogens with zero attached hydrogens (tertiary/aromatic N) is 4. The van der Waals surface area contributed by atoms with Crippen molar-refractivity contribution in [3.63, 3.8) is 0 Å². The maximum atomic E-state index is 13.0. The number of hydrogen-bond donors (Lipinski definition) is 3. The molecule has 2 aromatic heterocycles. The van der Waals surface area contributed by atoms with Gasteiger partial charge in [0.1, 0.15) is 5.01 Å². The molecule has 0 aliphatic carbocycles. The molecule has 0 radical (unpaired) electrons. The molecule has 4 rings (SSSR count). The Labute approximate surface area is 177 Å². The van der Waals surface area contributed by atoms with E-state index in [-0.39, 0.29) is 11.9 Å². The van der Waals surface area contributed by atoms with Gasteiger partial charge in [0, 0.05) is 28.7 Å². The number of aryl methyl sites for hydroxylation is 1. The van der Waals surface area contributed by atoms with Crippen LogP contribution in [0.1, 0.15) is 38.5 Å². The molecule has 1 amide bonds. The average molecular weight is 420 g/mol. The van der Waals surface area contributed by atoms with E-state index >= 15 is 0 Å². The highest BCUT2D eigenvalue weighted by Gasteiger charge is 2.18. The van der Waals surface area contributed by atoms with E-state index in [1.165, 1.54) is 0 Å². The summed E-state index contributed by atoms with van der Waals surface area (Å²) in [6, 6.07) is 16.9. The highest BCUT2D eigenvalue weighted by Crippen LogP contribution is 2.19. The maximum Gasteiger partial charge on any atom is 0.251 e. The summed E-state index contributed by atoms with van der Waals surface area (Å²) >= 11 is 1.61. The van der Waals surface area contributed by atoms with Crippen LogP contribution in [-0.2, 0) is 13.0 Å². The first-order chi connectivity index (χ1) is 14.7. The number of aromatic nitrogens is 5. The predicted molar refractivity (Wildman–Crippen MR) is 115 cm³/mol. The lowest BCUT2D eigenvalue weighted by atomic mass is 10.0. The maximum absolute atomic E-state index is 13.0.